The molecular formula is C11H12N4O3. The highest BCUT2D eigenvalue weighted by atomic mass is 16.2. The highest BCUT2D eigenvalue weighted by Gasteiger charge is 2.10. The fraction of sp³-hybridized carbons (Fsp3) is 0.273. The first-order valence-electron chi connectivity index (χ1n) is 5.39. The number of nitrogens with one attached hydrogen (secondary N) is 1. The van der Waals surface area contributed by atoms with Gasteiger partial charge in [-0.1, -0.05) is 0 Å². The minimum Gasteiger partial charge on any atom is -0.336 e. The van der Waals surface area contributed by atoms with Crippen LogP contribution >= 0.6 is 0 Å². The third-order valence-electron chi connectivity index (χ3n) is 2.58. The molecule has 0 bridgehead atoms. The summed E-state index contributed by atoms with van der Waals surface area (Å²) < 4.78 is 2.75. The molecule has 0 radical (unpaired) electrons. The van der Waals surface area contributed by atoms with Crippen molar-refractivity contribution >= 4 is 5.78 Å². The van der Waals surface area contributed by atoms with Crippen LogP contribution in [0.2, 0.25) is 0 Å². The van der Waals surface area contributed by atoms with Crippen molar-refractivity contribution in [3.63, 3.8) is 0 Å². The number of rotatable bonds is 4. The lowest BCUT2D eigenvalue weighted by atomic mass is 10.2. The Hall–Kier alpha value is -2.44. The van der Waals surface area contributed by atoms with Crippen molar-refractivity contribution in [1.29, 1.82) is 0 Å². The molecular weight excluding hydrogens is 236 g/mol. The molecule has 0 unspecified atom stereocenters. The molecule has 0 saturated heterocycles. The Morgan fingerprint density at radius 3 is 2.78 bits per heavy atom. The zero-order valence-electron chi connectivity index (χ0n) is 9.79. The molecule has 94 valence electrons. The van der Waals surface area contributed by atoms with Crippen molar-refractivity contribution in [1.82, 2.24) is 19.1 Å². The van der Waals surface area contributed by atoms with Crippen LogP contribution in [-0.4, -0.2) is 24.9 Å². The quantitative estimate of drug-likeness (QED) is 0.748. The monoisotopic (exact) mass is 248 g/mol. The molecule has 7 nitrogen and oxygen atoms in total. The van der Waals surface area contributed by atoms with Gasteiger partial charge in [0.1, 0.15) is 0 Å². The van der Waals surface area contributed by atoms with Gasteiger partial charge in [-0.15, -0.1) is 0 Å². The van der Waals surface area contributed by atoms with Gasteiger partial charge < -0.3 is 9.55 Å². The van der Waals surface area contributed by atoms with E-state index in [4.69, 9.17) is 0 Å². The first-order valence-corrected chi connectivity index (χ1v) is 5.39. The van der Waals surface area contributed by atoms with Crippen LogP contribution in [0.1, 0.15) is 17.3 Å². The summed E-state index contributed by atoms with van der Waals surface area (Å²) in [6, 6.07) is 0. The number of carbonyl (C=O) groups excluding carboxylic acids is 1. The van der Waals surface area contributed by atoms with Crippen molar-refractivity contribution in [3.8, 4) is 0 Å². The molecule has 0 saturated carbocycles. The van der Waals surface area contributed by atoms with Crippen LogP contribution in [0.25, 0.3) is 0 Å². The van der Waals surface area contributed by atoms with Crippen LogP contribution in [0.5, 0.6) is 0 Å². The van der Waals surface area contributed by atoms with Crippen molar-refractivity contribution in [2.45, 2.75) is 20.0 Å². The van der Waals surface area contributed by atoms with E-state index in [-0.39, 0.29) is 17.9 Å². The van der Waals surface area contributed by atoms with E-state index in [0.29, 0.717) is 6.54 Å². The first-order chi connectivity index (χ1) is 8.59. The van der Waals surface area contributed by atoms with Gasteiger partial charge in [0.05, 0.1) is 11.9 Å². The SMILES string of the molecule is CC(=O)c1c[nH]c(=O)n(CCn2ccnc2)c1=O. The van der Waals surface area contributed by atoms with Crippen molar-refractivity contribution in [3.05, 3.63) is 51.3 Å². The predicted molar refractivity (Wildman–Crippen MR) is 63.6 cm³/mol. The lowest BCUT2D eigenvalue weighted by molar-refractivity contribution is 0.101. The molecule has 0 aromatic carbocycles. The van der Waals surface area contributed by atoms with E-state index in [1.807, 2.05) is 0 Å². The second-order valence-electron chi connectivity index (χ2n) is 3.82. The summed E-state index contributed by atoms with van der Waals surface area (Å²) in [7, 11) is 0. The van der Waals surface area contributed by atoms with Gasteiger partial charge in [0.2, 0.25) is 0 Å². The number of aromatic amines is 1. The molecule has 0 aliphatic rings. The van der Waals surface area contributed by atoms with Gasteiger partial charge >= 0.3 is 5.69 Å². The summed E-state index contributed by atoms with van der Waals surface area (Å²) in [4.78, 5) is 40.9. The van der Waals surface area contributed by atoms with Gasteiger partial charge in [-0.2, -0.15) is 0 Å². The van der Waals surface area contributed by atoms with Crippen LogP contribution in [0, 0.1) is 0 Å². The minimum atomic E-state index is -0.564. The number of nitrogens with zero attached hydrogens (tertiary/aromatic N) is 3. The maximum absolute atomic E-state index is 11.9. The molecule has 0 amide bonds. The Balaban J connectivity index is 2.32. The number of Topliss-reactive ketones (excluding diaryl/α,β-unsaturated/α-hetero) is 1. The van der Waals surface area contributed by atoms with Crippen LogP contribution in [-0.2, 0) is 13.1 Å². The van der Waals surface area contributed by atoms with Crippen molar-refractivity contribution < 1.29 is 4.79 Å². The van der Waals surface area contributed by atoms with Gasteiger partial charge in [-0.25, -0.2) is 9.78 Å². The molecule has 0 aliphatic heterocycles. The van der Waals surface area contributed by atoms with E-state index in [1.165, 1.54) is 6.92 Å². The fourth-order valence-electron chi connectivity index (χ4n) is 1.60. The average molecular weight is 248 g/mol. The van der Waals surface area contributed by atoms with E-state index >= 15 is 0 Å². The number of aromatic nitrogens is 4. The third kappa shape index (κ3) is 2.29. The normalized spacial score (nSPS) is 10.5. The average Bonchev–Trinajstić information content (AvgIpc) is 2.81. The van der Waals surface area contributed by atoms with Crippen LogP contribution in [0.4, 0.5) is 0 Å². The van der Waals surface area contributed by atoms with E-state index in [2.05, 4.69) is 9.97 Å². The summed E-state index contributed by atoms with van der Waals surface area (Å²) in [5.74, 6) is -0.368. The lowest BCUT2D eigenvalue weighted by Crippen LogP contribution is -2.38. The summed E-state index contributed by atoms with van der Waals surface area (Å²) in [5.41, 5.74) is -1.10. The summed E-state index contributed by atoms with van der Waals surface area (Å²) in [6.07, 6.45) is 6.09. The highest BCUT2D eigenvalue weighted by Crippen LogP contribution is 1.90. The number of H-pyrrole nitrogens is 1. The van der Waals surface area contributed by atoms with Gasteiger partial charge in [0, 0.05) is 31.7 Å². The van der Waals surface area contributed by atoms with Gasteiger partial charge in [0.25, 0.3) is 5.56 Å². The summed E-state index contributed by atoms with van der Waals surface area (Å²) >= 11 is 0. The smallest absolute Gasteiger partial charge is 0.328 e. The van der Waals surface area contributed by atoms with Crippen LogP contribution < -0.4 is 11.2 Å². The third-order valence-corrected chi connectivity index (χ3v) is 2.58. The van der Waals surface area contributed by atoms with Gasteiger partial charge in [-0.05, 0) is 6.92 Å². The molecule has 0 aliphatic carbocycles. The summed E-state index contributed by atoms with van der Waals surface area (Å²) in [5, 5.41) is 0. The predicted octanol–water partition coefficient (Wildman–Crippen LogP) is -0.364. The number of ketones is 1. The Labute approximate surface area is 102 Å². The molecule has 2 heterocycles. The molecule has 2 aromatic rings. The molecule has 2 aromatic heterocycles. The number of carbonyl (C=O) groups is 1. The Bertz CT molecular complexity index is 666. The van der Waals surface area contributed by atoms with E-state index in [9.17, 15) is 14.4 Å². The van der Waals surface area contributed by atoms with Crippen LogP contribution in [0.3, 0.4) is 0 Å². The standard InChI is InChI=1S/C11H12N4O3/c1-8(16)9-6-13-11(18)15(10(9)17)5-4-14-3-2-12-7-14/h2-3,6-7H,4-5H2,1H3,(H,13,18). The maximum atomic E-state index is 11.9. The fourth-order valence-corrected chi connectivity index (χ4v) is 1.60. The van der Waals surface area contributed by atoms with Gasteiger partial charge in [-0.3, -0.25) is 14.2 Å². The van der Waals surface area contributed by atoms with Gasteiger partial charge in [0.15, 0.2) is 5.78 Å². The first kappa shape index (κ1) is 12.0. The Morgan fingerprint density at radius 2 is 2.17 bits per heavy atom. The molecule has 18 heavy (non-hydrogen) atoms. The number of imidazole rings is 1. The molecule has 0 fully saturated rings. The van der Waals surface area contributed by atoms with Crippen molar-refractivity contribution in [2.24, 2.45) is 0 Å². The lowest BCUT2D eigenvalue weighted by Gasteiger charge is -2.06. The molecule has 7 heteroatoms. The van der Waals surface area contributed by atoms with E-state index in [0.717, 1.165) is 10.8 Å². The van der Waals surface area contributed by atoms with E-state index < -0.39 is 11.2 Å². The Morgan fingerprint density at radius 1 is 1.39 bits per heavy atom. The second-order valence-corrected chi connectivity index (χ2v) is 3.82. The topological polar surface area (TPSA) is 89.8 Å². The number of hydrogen-bond acceptors (Lipinski definition) is 4. The van der Waals surface area contributed by atoms with E-state index in [1.54, 1.807) is 23.3 Å². The molecule has 0 atom stereocenters. The molecule has 1 N–H and O–H groups in total. The van der Waals surface area contributed by atoms with Crippen molar-refractivity contribution in [2.75, 3.05) is 0 Å². The summed E-state index contributed by atoms with van der Waals surface area (Å²) in [6.45, 7) is 1.91. The largest absolute Gasteiger partial charge is 0.336 e. The highest BCUT2D eigenvalue weighted by molar-refractivity contribution is 5.93. The minimum absolute atomic E-state index is 0.0137. The zero-order chi connectivity index (χ0) is 13.1. The number of aryl methyl sites for hydroxylation is 1. The second kappa shape index (κ2) is 4.82. The maximum Gasteiger partial charge on any atom is 0.328 e. The van der Waals surface area contributed by atoms with Crippen LogP contribution in [0.15, 0.2) is 34.5 Å². The zero-order valence-corrected chi connectivity index (χ0v) is 9.79. The Kier molecular flexibility index (Phi) is 3.22. The molecule has 2 rings (SSSR count). The number of hydrogen-bond donors (Lipinski definition) is 1. The molecule has 0 spiro atoms.